The number of carbonyl (C=O) groups is 2. The Morgan fingerprint density at radius 3 is 1.83 bits per heavy atom. The smallest absolute Gasteiger partial charge is 0.336 e. The lowest BCUT2D eigenvalue weighted by Crippen LogP contribution is -2.28. The molecule has 0 amide bonds. The molecule has 1 heterocycles. The Hall–Kier alpha value is -4.14. The standard InChI is InChI=1S/C26H29NO8/c1-30-17-8-9-18(22(12-17)32-3)24-19(25(28)34-5)14-27(15-20(24)26(29)35-6)13-16-7-10-21(31-2)23(11-16)33-4/h7-12,14-15,24H,13H2,1-6H3. The summed E-state index contributed by atoms with van der Waals surface area (Å²) in [7, 11) is 8.75. The van der Waals surface area contributed by atoms with E-state index in [0.717, 1.165) is 5.56 Å². The van der Waals surface area contributed by atoms with Gasteiger partial charge in [0.2, 0.25) is 0 Å². The molecule has 0 atom stereocenters. The number of rotatable bonds is 9. The van der Waals surface area contributed by atoms with Gasteiger partial charge in [0.05, 0.1) is 59.7 Å². The Bertz CT molecular complexity index is 1120. The molecule has 186 valence electrons. The third kappa shape index (κ3) is 5.34. The Morgan fingerprint density at radius 1 is 0.714 bits per heavy atom. The number of esters is 2. The molecule has 1 aliphatic rings. The lowest BCUT2D eigenvalue weighted by Gasteiger charge is -2.31. The van der Waals surface area contributed by atoms with Crippen LogP contribution in [0.3, 0.4) is 0 Å². The van der Waals surface area contributed by atoms with E-state index in [2.05, 4.69) is 0 Å². The summed E-state index contributed by atoms with van der Waals surface area (Å²) in [6.45, 7) is 0.341. The molecule has 2 aromatic rings. The van der Waals surface area contributed by atoms with Crippen molar-refractivity contribution in [1.82, 2.24) is 4.90 Å². The van der Waals surface area contributed by atoms with Gasteiger partial charge in [-0.2, -0.15) is 0 Å². The van der Waals surface area contributed by atoms with Gasteiger partial charge in [-0.3, -0.25) is 0 Å². The Balaban J connectivity index is 2.11. The van der Waals surface area contributed by atoms with Crippen LogP contribution in [0.5, 0.6) is 23.0 Å². The normalized spacial score (nSPS) is 13.4. The molecule has 9 nitrogen and oxygen atoms in total. The topological polar surface area (TPSA) is 92.8 Å². The van der Waals surface area contributed by atoms with Crippen molar-refractivity contribution in [2.45, 2.75) is 12.5 Å². The lowest BCUT2D eigenvalue weighted by atomic mass is 9.82. The monoisotopic (exact) mass is 483 g/mol. The van der Waals surface area contributed by atoms with Crippen molar-refractivity contribution in [1.29, 1.82) is 0 Å². The van der Waals surface area contributed by atoms with E-state index in [1.165, 1.54) is 21.3 Å². The van der Waals surface area contributed by atoms with Crippen LogP contribution in [0.2, 0.25) is 0 Å². The average Bonchev–Trinajstić information content (AvgIpc) is 2.91. The van der Waals surface area contributed by atoms with Crippen LogP contribution in [0.1, 0.15) is 17.0 Å². The zero-order valence-electron chi connectivity index (χ0n) is 20.6. The minimum Gasteiger partial charge on any atom is -0.497 e. The number of hydrogen-bond donors (Lipinski definition) is 0. The Morgan fingerprint density at radius 2 is 1.31 bits per heavy atom. The molecule has 0 saturated heterocycles. The summed E-state index contributed by atoms with van der Waals surface area (Å²) < 4.78 is 31.7. The highest BCUT2D eigenvalue weighted by molar-refractivity contribution is 5.98. The van der Waals surface area contributed by atoms with Crippen molar-refractivity contribution in [2.24, 2.45) is 0 Å². The van der Waals surface area contributed by atoms with Gasteiger partial charge in [-0.05, 0) is 23.8 Å². The number of benzene rings is 2. The van der Waals surface area contributed by atoms with Gasteiger partial charge in [0.25, 0.3) is 0 Å². The van der Waals surface area contributed by atoms with E-state index in [1.807, 2.05) is 12.1 Å². The van der Waals surface area contributed by atoms with Crippen LogP contribution >= 0.6 is 0 Å². The summed E-state index contributed by atoms with van der Waals surface area (Å²) in [5, 5.41) is 0. The van der Waals surface area contributed by atoms with Crippen LogP contribution in [0, 0.1) is 0 Å². The highest BCUT2D eigenvalue weighted by atomic mass is 16.5. The number of carbonyl (C=O) groups excluding carboxylic acids is 2. The lowest BCUT2D eigenvalue weighted by molar-refractivity contribution is -0.137. The number of nitrogens with zero attached hydrogens (tertiary/aromatic N) is 1. The molecular formula is C26H29NO8. The van der Waals surface area contributed by atoms with Gasteiger partial charge in [-0.1, -0.05) is 12.1 Å². The number of ether oxygens (including phenoxy) is 6. The molecule has 9 heteroatoms. The van der Waals surface area contributed by atoms with Gasteiger partial charge in [0.15, 0.2) is 11.5 Å². The first-order chi connectivity index (χ1) is 16.9. The summed E-state index contributed by atoms with van der Waals surface area (Å²) in [4.78, 5) is 27.6. The number of methoxy groups -OCH3 is 6. The van der Waals surface area contributed by atoms with Crippen LogP contribution in [0.4, 0.5) is 0 Å². The second-order valence-corrected chi connectivity index (χ2v) is 7.55. The summed E-state index contributed by atoms with van der Waals surface area (Å²) in [6, 6.07) is 10.7. The quantitative estimate of drug-likeness (QED) is 0.497. The van der Waals surface area contributed by atoms with Crippen molar-refractivity contribution < 1.29 is 38.0 Å². The summed E-state index contributed by atoms with van der Waals surface area (Å²) in [5.41, 5.74) is 1.95. The van der Waals surface area contributed by atoms with Crippen molar-refractivity contribution in [3.63, 3.8) is 0 Å². The van der Waals surface area contributed by atoms with Crippen LogP contribution in [-0.2, 0) is 25.6 Å². The van der Waals surface area contributed by atoms with Crippen LogP contribution in [-0.4, -0.2) is 59.5 Å². The molecule has 0 aliphatic carbocycles. The molecule has 1 aliphatic heterocycles. The molecule has 0 N–H and O–H groups in total. The second kappa shape index (κ2) is 11.3. The molecule has 35 heavy (non-hydrogen) atoms. The molecule has 0 radical (unpaired) electrons. The van der Waals surface area contributed by atoms with Gasteiger partial charge < -0.3 is 33.3 Å². The van der Waals surface area contributed by atoms with Crippen LogP contribution < -0.4 is 18.9 Å². The molecular weight excluding hydrogens is 454 g/mol. The van der Waals surface area contributed by atoms with E-state index in [0.29, 0.717) is 35.1 Å². The minimum absolute atomic E-state index is 0.249. The maximum absolute atomic E-state index is 12.9. The van der Waals surface area contributed by atoms with Gasteiger partial charge in [-0.25, -0.2) is 9.59 Å². The first-order valence-corrected chi connectivity index (χ1v) is 10.7. The fourth-order valence-electron chi connectivity index (χ4n) is 3.96. The van der Waals surface area contributed by atoms with Gasteiger partial charge in [0.1, 0.15) is 11.5 Å². The van der Waals surface area contributed by atoms with E-state index >= 15 is 0 Å². The highest BCUT2D eigenvalue weighted by Crippen LogP contribution is 2.42. The van der Waals surface area contributed by atoms with E-state index in [9.17, 15) is 9.59 Å². The van der Waals surface area contributed by atoms with E-state index in [4.69, 9.17) is 28.4 Å². The van der Waals surface area contributed by atoms with Gasteiger partial charge >= 0.3 is 11.9 Å². The molecule has 0 aromatic heterocycles. The third-order valence-electron chi connectivity index (χ3n) is 5.64. The van der Waals surface area contributed by atoms with Crippen LogP contribution in [0.15, 0.2) is 59.9 Å². The first-order valence-electron chi connectivity index (χ1n) is 10.7. The van der Waals surface area contributed by atoms with E-state index in [1.54, 1.807) is 62.9 Å². The molecule has 0 unspecified atom stereocenters. The largest absolute Gasteiger partial charge is 0.497 e. The zero-order valence-corrected chi connectivity index (χ0v) is 20.6. The predicted octanol–water partition coefficient (Wildman–Crippen LogP) is 3.43. The minimum atomic E-state index is -0.780. The predicted molar refractivity (Wildman–Crippen MR) is 128 cm³/mol. The third-order valence-corrected chi connectivity index (χ3v) is 5.64. The molecule has 2 aromatic carbocycles. The summed E-state index contributed by atoms with van der Waals surface area (Å²) in [5.74, 6) is 0.239. The molecule has 3 rings (SSSR count). The van der Waals surface area contributed by atoms with Crippen molar-refractivity contribution in [3.8, 4) is 23.0 Å². The van der Waals surface area contributed by atoms with Crippen molar-refractivity contribution in [2.75, 3.05) is 42.7 Å². The zero-order chi connectivity index (χ0) is 25.5. The van der Waals surface area contributed by atoms with E-state index in [-0.39, 0.29) is 11.1 Å². The molecule has 0 saturated carbocycles. The maximum Gasteiger partial charge on any atom is 0.336 e. The van der Waals surface area contributed by atoms with Crippen LogP contribution in [0.25, 0.3) is 0 Å². The first kappa shape index (κ1) is 25.5. The fourth-order valence-corrected chi connectivity index (χ4v) is 3.96. The highest BCUT2D eigenvalue weighted by Gasteiger charge is 2.37. The SMILES string of the molecule is COC(=O)C1=CN(Cc2ccc(OC)c(OC)c2)C=C(C(=O)OC)C1c1ccc(OC)cc1OC. The molecule has 0 fully saturated rings. The molecule has 0 bridgehead atoms. The fraction of sp³-hybridized carbons (Fsp3) is 0.308. The summed E-state index contributed by atoms with van der Waals surface area (Å²) >= 11 is 0. The van der Waals surface area contributed by atoms with Gasteiger partial charge in [0, 0.05) is 30.6 Å². The van der Waals surface area contributed by atoms with E-state index < -0.39 is 17.9 Å². The van der Waals surface area contributed by atoms with Crippen molar-refractivity contribution in [3.05, 3.63) is 71.1 Å². The Labute approximate surface area is 204 Å². The number of hydrogen-bond acceptors (Lipinski definition) is 9. The second-order valence-electron chi connectivity index (χ2n) is 7.55. The van der Waals surface area contributed by atoms with Gasteiger partial charge in [-0.15, -0.1) is 0 Å². The maximum atomic E-state index is 12.9. The van der Waals surface area contributed by atoms with Crippen molar-refractivity contribution >= 4 is 11.9 Å². The Kier molecular flexibility index (Phi) is 8.25. The average molecular weight is 484 g/mol. The molecule has 0 spiro atoms. The summed E-state index contributed by atoms with van der Waals surface area (Å²) in [6.07, 6.45) is 3.31.